The zero-order valence-corrected chi connectivity index (χ0v) is 17.2. The molecule has 0 saturated carbocycles. The lowest BCUT2D eigenvalue weighted by molar-refractivity contribution is 0.0943. The van der Waals surface area contributed by atoms with Crippen molar-refractivity contribution in [1.82, 2.24) is 20.5 Å². The summed E-state index contributed by atoms with van der Waals surface area (Å²) >= 11 is 1.48. The molecule has 0 unspecified atom stereocenters. The summed E-state index contributed by atoms with van der Waals surface area (Å²) in [6, 6.07) is 7.85. The number of hydrogen-bond acceptors (Lipinski definition) is 6. The zero-order chi connectivity index (χ0) is 18.2. The molecule has 1 aliphatic rings. The molecule has 1 aliphatic heterocycles. The monoisotopic (exact) mass is 410 g/mol. The minimum absolute atomic E-state index is 0. The summed E-state index contributed by atoms with van der Waals surface area (Å²) in [5.41, 5.74) is 1.48. The summed E-state index contributed by atoms with van der Waals surface area (Å²) in [4.78, 5) is 19.1. The predicted molar refractivity (Wildman–Crippen MR) is 112 cm³/mol. The summed E-state index contributed by atoms with van der Waals surface area (Å²) in [5, 5.41) is 8.96. The van der Waals surface area contributed by atoms with Crippen LogP contribution in [0.4, 0.5) is 0 Å². The normalized spacial score (nSPS) is 14.4. The van der Waals surface area contributed by atoms with Crippen molar-refractivity contribution in [3.63, 3.8) is 0 Å². The molecule has 2 aromatic rings. The molecule has 0 atom stereocenters. The van der Waals surface area contributed by atoms with Crippen LogP contribution in [0.1, 0.15) is 23.8 Å². The molecule has 148 valence electrons. The lowest BCUT2D eigenvalue weighted by Crippen LogP contribution is -2.46. The lowest BCUT2D eigenvalue weighted by atomic mass is 10.2. The number of amides is 1. The van der Waals surface area contributed by atoms with Crippen molar-refractivity contribution in [3.05, 3.63) is 35.3 Å². The fourth-order valence-electron chi connectivity index (χ4n) is 2.78. The molecule has 2 heterocycles. The number of thiazole rings is 1. The first-order valence-electron chi connectivity index (χ1n) is 9.16. The average Bonchev–Trinajstić information content (AvgIpc) is 3.18. The Morgan fingerprint density at radius 1 is 1.30 bits per heavy atom. The Kier molecular flexibility index (Phi) is 9.00. The Balaban J connectivity index is 0.00000261. The van der Waals surface area contributed by atoms with Gasteiger partial charge >= 0.3 is 0 Å². The maximum absolute atomic E-state index is 12.3. The van der Waals surface area contributed by atoms with E-state index in [0.29, 0.717) is 12.2 Å². The number of piperazine rings is 1. The number of rotatable bonds is 8. The van der Waals surface area contributed by atoms with Crippen molar-refractivity contribution in [2.45, 2.75) is 13.3 Å². The molecule has 1 aromatic carbocycles. The van der Waals surface area contributed by atoms with Crippen molar-refractivity contribution in [3.8, 4) is 16.3 Å². The van der Waals surface area contributed by atoms with E-state index in [-0.39, 0.29) is 18.3 Å². The Bertz CT molecular complexity index is 702. The number of nitrogens with one attached hydrogen (secondary N) is 2. The van der Waals surface area contributed by atoms with Gasteiger partial charge in [0.05, 0.1) is 6.61 Å². The Morgan fingerprint density at radius 3 is 2.74 bits per heavy atom. The molecule has 3 rings (SSSR count). The van der Waals surface area contributed by atoms with Crippen LogP contribution in [0, 0.1) is 0 Å². The fraction of sp³-hybridized carbons (Fsp3) is 0.474. The molecular formula is C19H27ClN4O2S. The average molecular weight is 411 g/mol. The lowest BCUT2D eigenvalue weighted by Gasteiger charge is -2.26. The van der Waals surface area contributed by atoms with E-state index >= 15 is 0 Å². The molecule has 27 heavy (non-hydrogen) atoms. The molecule has 6 nitrogen and oxygen atoms in total. The van der Waals surface area contributed by atoms with Crippen LogP contribution in [0.3, 0.4) is 0 Å². The highest BCUT2D eigenvalue weighted by molar-refractivity contribution is 7.13. The Labute approximate surface area is 170 Å². The number of halogens is 1. The minimum Gasteiger partial charge on any atom is -0.494 e. The van der Waals surface area contributed by atoms with Gasteiger partial charge in [-0.2, -0.15) is 0 Å². The van der Waals surface area contributed by atoms with Crippen LogP contribution < -0.4 is 15.4 Å². The van der Waals surface area contributed by atoms with Crippen molar-refractivity contribution >= 4 is 29.7 Å². The summed E-state index contributed by atoms with van der Waals surface area (Å²) < 4.78 is 5.59. The number of carbonyl (C=O) groups excluding carboxylic acids is 1. The topological polar surface area (TPSA) is 66.5 Å². The molecule has 1 amide bonds. The van der Waals surface area contributed by atoms with Crippen LogP contribution in [0.25, 0.3) is 10.6 Å². The van der Waals surface area contributed by atoms with Crippen LogP contribution >= 0.6 is 23.7 Å². The van der Waals surface area contributed by atoms with Gasteiger partial charge in [0.15, 0.2) is 0 Å². The first kappa shape index (κ1) is 21.6. The van der Waals surface area contributed by atoms with E-state index in [1.165, 1.54) is 11.3 Å². The molecule has 8 heteroatoms. The number of hydrogen-bond donors (Lipinski definition) is 2. The summed E-state index contributed by atoms with van der Waals surface area (Å²) in [7, 11) is 0. The molecule has 0 bridgehead atoms. The van der Waals surface area contributed by atoms with Gasteiger partial charge in [0, 0.05) is 50.2 Å². The second-order valence-electron chi connectivity index (χ2n) is 6.26. The summed E-state index contributed by atoms with van der Waals surface area (Å²) in [6.07, 6.45) is 0.987. The Hall–Kier alpha value is -1.67. The molecule has 1 fully saturated rings. The highest BCUT2D eigenvalue weighted by atomic mass is 35.5. The zero-order valence-electron chi connectivity index (χ0n) is 15.6. The number of aromatic nitrogens is 1. The second-order valence-corrected chi connectivity index (χ2v) is 7.12. The van der Waals surface area contributed by atoms with Crippen LogP contribution in [0.15, 0.2) is 29.6 Å². The Morgan fingerprint density at radius 2 is 2.04 bits per heavy atom. The molecule has 0 spiro atoms. The predicted octanol–water partition coefficient (Wildman–Crippen LogP) is 2.66. The van der Waals surface area contributed by atoms with E-state index in [1.807, 2.05) is 29.6 Å². The second kappa shape index (κ2) is 11.2. The van der Waals surface area contributed by atoms with Gasteiger partial charge in [-0.25, -0.2) is 4.98 Å². The van der Waals surface area contributed by atoms with Crippen molar-refractivity contribution in [2.75, 3.05) is 45.9 Å². The minimum atomic E-state index is -0.106. The molecule has 2 N–H and O–H groups in total. The van der Waals surface area contributed by atoms with E-state index in [0.717, 1.165) is 62.1 Å². The molecule has 1 aromatic heterocycles. The third kappa shape index (κ3) is 6.46. The number of carbonyl (C=O) groups is 1. The van der Waals surface area contributed by atoms with Crippen LogP contribution in [0.2, 0.25) is 0 Å². The smallest absolute Gasteiger partial charge is 0.270 e. The van der Waals surface area contributed by atoms with Crippen LogP contribution in [0.5, 0.6) is 5.75 Å². The molecule has 0 aliphatic carbocycles. The van der Waals surface area contributed by atoms with Crippen molar-refractivity contribution in [1.29, 1.82) is 0 Å². The van der Waals surface area contributed by atoms with Gasteiger partial charge in [0.25, 0.3) is 5.91 Å². The SMILES string of the molecule is CCCOc1ccc(-c2nc(C(=O)NCCN3CCNCC3)cs2)cc1.Cl. The standard InChI is InChI=1S/C19H26N4O2S.ClH/c1-2-13-25-16-5-3-15(4-6-16)19-22-17(14-26-19)18(24)21-9-12-23-10-7-20-8-11-23;/h3-6,14,20H,2,7-13H2,1H3,(H,21,24);1H. The van der Waals surface area contributed by atoms with E-state index in [1.54, 1.807) is 0 Å². The quantitative estimate of drug-likeness (QED) is 0.700. The first-order valence-corrected chi connectivity index (χ1v) is 10.0. The van der Waals surface area contributed by atoms with Gasteiger partial charge < -0.3 is 15.4 Å². The van der Waals surface area contributed by atoms with Crippen molar-refractivity contribution < 1.29 is 9.53 Å². The van der Waals surface area contributed by atoms with Crippen molar-refractivity contribution in [2.24, 2.45) is 0 Å². The molecule has 1 saturated heterocycles. The number of ether oxygens (including phenoxy) is 1. The third-order valence-corrected chi connectivity index (χ3v) is 5.13. The van der Waals surface area contributed by atoms with Gasteiger partial charge in [-0.3, -0.25) is 9.69 Å². The van der Waals surface area contributed by atoms with E-state index in [4.69, 9.17) is 4.74 Å². The van der Waals surface area contributed by atoms with E-state index in [9.17, 15) is 4.79 Å². The van der Waals surface area contributed by atoms with E-state index in [2.05, 4.69) is 27.4 Å². The van der Waals surface area contributed by atoms with Crippen LogP contribution in [-0.2, 0) is 0 Å². The largest absolute Gasteiger partial charge is 0.494 e. The van der Waals surface area contributed by atoms with Gasteiger partial charge in [-0.1, -0.05) is 6.92 Å². The summed E-state index contributed by atoms with van der Waals surface area (Å²) in [5.74, 6) is 0.753. The van der Waals surface area contributed by atoms with Gasteiger partial charge in [-0.15, -0.1) is 23.7 Å². The fourth-order valence-corrected chi connectivity index (χ4v) is 3.58. The third-order valence-electron chi connectivity index (χ3n) is 4.23. The van der Waals surface area contributed by atoms with Gasteiger partial charge in [0.1, 0.15) is 16.5 Å². The van der Waals surface area contributed by atoms with Gasteiger partial charge in [-0.05, 0) is 30.7 Å². The van der Waals surface area contributed by atoms with Crippen LogP contribution in [-0.4, -0.2) is 61.7 Å². The summed E-state index contributed by atoms with van der Waals surface area (Å²) in [6.45, 7) is 8.44. The first-order chi connectivity index (χ1) is 12.8. The highest BCUT2D eigenvalue weighted by Crippen LogP contribution is 2.25. The molecule has 0 radical (unpaired) electrons. The maximum atomic E-state index is 12.3. The van der Waals surface area contributed by atoms with E-state index < -0.39 is 0 Å². The maximum Gasteiger partial charge on any atom is 0.270 e. The van der Waals surface area contributed by atoms with Gasteiger partial charge in [0.2, 0.25) is 0 Å². The number of nitrogens with zero attached hydrogens (tertiary/aromatic N) is 2. The number of benzene rings is 1. The molecular weight excluding hydrogens is 384 g/mol. The highest BCUT2D eigenvalue weighted by Gasteiger charge is 2.13.